The highest BCUT2D eigenvalue weighted by Gasteiger charge is 2.28. The van der Waals surface area contributed by atoms with Gasteiger partial charge in [0, 0.05) is 13.6 Å². The maximum absolute atomic E-state index is 14.4. The van der Waals surface area contributed by atoms with E-state index < -0.39 is 0 Å². The Morgan fingerprint density at radius 2 is 2.29 bits per heavy atom. The first-order valence-corrected chi connectivity index (χ1v) is 6.79. The van der Waals surface area contributed by atoms with Crippen LogP contribution in [0.3, 0.4) is 0 Å². The van der Waals surface area contributed by atoms with Gasteiger partial charge in [-0.1, -0.05) is 6.92 Å². The molecule has 1 fully saturated rings. The monoisotopic (exact) mass is 293 g/mol. The van der Waals surface area contributed by atoms with E-state index in [-0.39, 0.29) is 11.9 Å². The molecule has 0 radical (unpaired) electrons. The van der Waals surface area contributed by atoms with Crippen LogP contribution in [0, 0.1) is 5.82 Å². The molecule has 0 amide bonds. The Labute approximate surface area is 120 Å². The second-order valence-electron chi connectivity index (χ2n) is 4.78. The van der Waals surface area contributed by atoms with Crippen molar-refractivity contribution in [2.75, 3.05) is 24.6 Å². The number of ether oxygens (including phenoxy) is 1. The number of rotatable bonds is 3. The lowest BCUT2D eigenvalue weighted by Crippen LogP contribution is -2.40. The van der Waals surface area contributed by atoms with E-state index in [4.69, 9.17) is 4.74 Å². The van der Waals surface area contributed by atoms with Gasteiger partial charge in [0.05, 0.1) is 18.8 Å². The van der Waals surface area contributed by atoms with Gasteiger partial charge in [0.25, 0.3) is 0 Å². The van der Waals surface area contributed by atoms with Crippen molar-refractivity contribution in [3.8, 4) is 0 Å². The number of aryl methyl sites for hydroxylation is 2. The molecule has 1 aliphatic rings. The van der Waals surface area contributed by atoms with Crippen LogP contribution >= 0.6 is 0 Å². The first-order chi connectivity index (χ1) is 10.2. The van der Waals surface area contributed by atoms with Gasteiger partial charge in [0.1, 0.15) is 12.4 Å². The summed E-state index contributed by atoms with van der Waals surface area (Å²) in [7, 11) is 1.75. The lowest BCUT2D eigenvalue weighted by atomic mass is 10.2. The van der Waals surface area contributed by atoms with E-state index in [9.17, 15) is 4.39 Å². The Balaban J connectivity index is 1.85. The van der Waals surface area contributed by atoms with Crippen molar-refractivity contribution in [3.05, 3.63) is 23.7 Å². The second kappa shape index (κ2) is 5.68. The minimum Gasteiger partial charge on any atom is -0.366 e. The van der Waals surface area contributed by atoms with E-state index in [1.54, 1.807) is 11.7 Å². The fourth-order valence-corrected chi connectivity index (χ4v) is 2.37. The fraction of sp³-hybridized carbons (Fsp3) is 0.583. The number of morpholine rings is 1. The second-order valence-corrected chi connectivity index (χ2v) is 4.78. The molecule has 1 aliphatic heterocycles. The highest BCUT2D eigenvalue weighted by molar-refractivity contribution is 5.41. The normalized spacial score (nSPS) is 19.0. The Morgan fingerprint density at radius 3 is 3.00 bits per heavy atom. The Bertz CT molecular complexity index is 632. The summed E-state index contributed by atoms with van der Waals surface area (Å²) in [6, 6.07) is 0. The first-order valence-electron chi connectivity index (χ1n) is 6.79. The lowest BCUT2D eigenvalue weighted by molar-refractivity contribution is 0.0311. The van der Waals surface area contributed by atoms with E-state index >= 15 is 0 Å². The maximum Gasteiger partial charge on any atom is 0.187 e. The summed E-state index contributed by atoms with van der Waals surface area (Å²) in [4.78, 5) is 9.88. The Hall–Kier alpha value is -2.16. The molecule has 0 saturated carbocycles. The molecule has 0 aliphatic carbocycles. The minimum absolute atomic E-state index is 0.307. The predicted octanol–water partition coefficient (Wildman–Crippen LogP) is 0.279. The van der Waals surface area contributed by atoms with Crippen LogP contribution in [0.15, 0.2) is 6.33 Å². The summed E-state index contributed by atoms with van der Waals surface area (Å²) in [6.45, 7) is 3.34. The van der Waals surface area contributed by atoms with Crippen LogP contribution in [0.4, 0.5) is 10.2 Å². The molecule has 3 heterocycles. The van der Waals surface area contributed by atoms with Crippen molar-refractivity contribution < 1.29 is 9.13 Å². The number of aromatic nitrogens is 6. The third-order valence-electron chi connectivity index (χ3n) is 3.49. The average Bonchev–Trinajstić information content (AvgIpc) is 2.94. The van der Waals surface area contributed by atoms with Crippen LogP contribution in [0.2, 0.25) is 0 Å². The van der Waals surface area contributed by atoms with Gasteiger partial charge in [-0.2, -0.15) is 0 Å². The number of nitrogens with zero attached hydrogens (tertiary/aromatic N) is 7. The molecule has 0 N–H and O–H groups in total. The Morgan fingerprint density at radius 1 is 1.43 bits per heavy atom. The van der Waals surface area contributed by atoms with E-state index in [0.29, 0.717) is 43.5 Å². The highest BCUT2D eigenvalue weighted by atomic mass is 19.1. The highest BCUT2D eigenvalue weighted by Crippen LogP contribution is 2.25. The molecule has 3 rings (SSSR count). The van der Waals surface area contributed by atoms with Gasteiger partial charge in [-0.15, -0.1) is 5.10 Å². The standard InChI is InChI=1S/C12H16FN7O/c1-3-8-10(13)12(15-7-14-8)20-4-5-21-9(6-20)11-16-17-18-19(11)2/h7,9H,3-6H2,1-2H3. The van der Waals surface area contributed by atoms with Crippen LogP contribution in [-0.2, 0) is 18.2 Å². The van der Waals surface area contributed by atoms with Gasteiger partial charge < -0.3 is 9.64 Å². The molecule has 0 aromatic carbocycles. The van der Waals surface area contributed by atoms with Crippen molar-refractivity contribution in [2.45, 2.75) is 19.4 Å². The zero-order valence-corrected chi connectivity index (χ0v) is 11.9. The van der Waals surface area contributed by atoms with Gasteiger partial charge in [0.2, 0.25) is 0 Å². The molecule has 0 bridgehead atoms. The molecule has 9 heteroatoms. The van der Waals surface area contributed by atoms with Gasteiger partial charge in [0.15, 0.2) is 17.5 Å². The summed E-state index contributed by atoms with van der Waals surface area (Å²) >= 11 is 0. The van der Waals surface area contributed by atoms with Crippen molar-refractivity contribution in [1.29, 1.82) is 0 Å². The van der Waals surface area contributed by atoms with E-state index in [0.717, 1.165) is 0 Å². The molecular weight excluding hydrogens is 277 g/mol. The molecule has 8 nitrogen and oxygen atoms in total. The van der Waals surface area contributed by atoms with E-state index in [2.05, 4.69) is 25.5 Å². The Kier molecular flexibility index (Phi) is 3.74. The van der Waals surface area contributed by atoms with Crippen molar-refractivity contribution >= 4 is 5.82 Å². The van der Waals surface area contributed by atoms with E-state index in [1.807, 2.05) is 11.8 Å². The number of halogens is 1. The number of anilines is 1. The van der Waals surface area contributed by atoms with Gasteiger partial charge in [-0.3, -0.25) is 0 Å². The fourth-order valence-electron chi connectivity index (χ4n) is 2.37. The van der Waals surface area contributed by atoms with Crippen LogP contribution in [0.5, 0.6) is 0 Å². The zero-order chi connectivity index (χ0) is 14.8. The average molecular weight is 293 g/mol. The molecular formula is C12H16FN7O. The molecule has 112 valence electrons. The zero-order valence-electron chi connectivity index (χ0n) is 11.9. The molecule has 1 saturated heterocycles. The number of hydrogen-bond acceptors (Lipinski definition) is 7. The maximum atomic E-state index is 14.4. The summed E-state index contributed by atoms with van der Waals surface area (Å²) < 4.78 is 21.6. The van der Waals surface area contributed by atoms with Crippen molar-refractivity contribution in [1.82, 2.24) is 30.2 Å². The van der Waals surface area contributed by atoms with Crippen LogP contribution < -0.4 is 4.90 Å². The summed E-state index contributed by atoms with van der Waals surface area (Å²) in [5.41, 5.74) is 0.420. The number of hydrogen-bond donors (Lipinski definition) is 0. The molecule has 21 heavy (non-hydrogen) atoms. The predicted molar refractivity (Wildman–Crippen MR) is 71.1 cm³/mol. The summed E-state index contributed by atoms with van der Waals surface area (Å²) in [6.07, 6.45) is 1.62. The van der Waals surface area contributed by atoms with Crippen molar-refractivity contribution in [2.24, 2.45) is 7.05 Å². The number of tetrazole rings is 1. The van der Waals surface area contributed by atoms with Gasteiger partial charge in [-0.05, 0) is 16.8 Å². The van der Waals surface area contributed by atoms with Crippen LogP contribution in [0.1, 0.15) is 24.5 Å². The molecule has 1 unspecified atom stereocenters. The smallest absolute Gasteiger partial charge is 0.187 e. The first kappa shape index (κ1) is 13.8. The molecule has 2 aromatic heterocycles. The summed E-state index contributed by atoms with van der Waals surface area (Å²) in [5.74, 6) is 0.562. The molecule has 2 aromatic rings. The van der Waals surface area contributed by atoms with E-state index in [1.165, 1.54) is 6.33 Å². The lowest BCUT2D eigenvalue weighted by Gasteiger charge is -2.33. The summed E-state index contributed by atoms with van der Waals surface area (Å²) in [5, 5.41) is 11.3. The quantitative estimate of drug-likeness (QED) is 0.803. The SMILES string of the molecule is CCc1ncnc(N2CCOC(c3nnnn3C)C2)c1F. The third kappa shape index (κ3) is 2.56. The van der Waals surface area contributed by atoms with Crippen LogP contribution in [0.25, 0.3) is 0 Å². The molecule has 0 spiro atoms. The van der Waals surface area contributed by atoms with Gasteiger partial charge >= 0.3 is 0 Å². The minimum atomic E-state index is -0.364. The molecule has 1 atom stereocenters. The van der Waals surface area contributed by atoms with Crippen molar-refractivity contribution in [3.63, 3.8) is 0 Å². The third-order valence-corrected chi connectivity index (χ3v) is 3.49. The van der Waals surface area contributed by atoms with Crippen LogP contribution in [-0.4, -0.2) is 49.9 Å². The topological polar surface area (TPSA) is 81.8 Å². The largest absolute Gasteiger partial charge is 0.366 e. The van der Waals surface area contributed by atoms with Gasteiger partial charge in [-0.25, -0.2) is 19.0 Å².